The Morgan fingerprint density at radius 3 is 1.26 bits per heavy atom. The molecule has 0 amide bonds. The molecule has 35 heavy (non-hydrogen) atoms. The van der Waals surface area contributed by atoms with Gasteiger partial charge in [-0.3, -0.25) is 0 Å². The molecule has 0 aliphatic heterocycles. The molecule has 4 aromatic rings. The van der Waals surface area contributed by atoms with Crippen LogP contribution in [0.1, 0.15) is 44.5 Å². The third kappa shape index (κ3) is 5.24. The summed E-state index contributed by atoms with van der Waals surface area (Å²) in [7, 11) is 0. The standard InChI is InChI=1S/C30H28N2.2BrH.Fe/c1-17-13-19(3)27(20(4)14-17)31-29-24-11-7-9-23-10-8-12-25(26(23)24)30(29)32-28-21(5)15-18(2)16-22(28)6;;;/h7-16H,1-6H3;2*1H;/q;;;+2/p-2. The van der Waals surface area contributed by atoms with Crippen LogP contribution in [0.2, 0.25) is 0 Å². The van der Waals surface area contributed by atoms with Crippen molar-refractivity contribution in [2.45, 2.75) is 41.5 Å². The topological polar surface area (TPSA) is 24.7 Å². The zero-order valence-electron chi connectivity index (χ0n) is 20.8. The fourth-order valence-corrected chi connectivity index (χ4v) is 5.14. The Morgan fingerprint density at radius 2 is 0.914 bits per heavy atom. The molecule has 0 aromatic heterocycles. The average molecular weight is 632 g/mol. The van der Waals surface area contributed by atoms with Crippen molar-refractivity contribution >= 4 is 61.8 Å². The van der Waals surface area contributed by atoms with Crippen LogP contribution in [0.4, 0.5) is 11.4 Å². The van der Waals surface area contributed by atoms with Crippen molar-refractivity contribution in [1.29, 1.82) is 0 Å². The molecule has 5 rings (SSSR count). The first kappa shape index (κ1) is 26.0. The van der Waals surface area contributed by atoms with Gasteiger partial charge >= 0.3 is 39.6 Å². The van der Waals surface area contributed by atoms with Gasteiger partial charge in [-0.05, 0) is 69.2 Å². The van der Waals surface area contributed by atoms with E-state index in [1.807, 2.05) is 0 Å². The van der Waals surface area contributed by atoms with Crippen LogP contribution in [0.25, 0.3) is 10.8 Å². The number of aliphatic imine (C=N–C) groups is 2. The molecule has 0 fully saturated rings. The zero-order chi connectivity index (χ0) is 25.3. The van der Waals surface area contributed by atoms with Gasteiger partial charge in [-0.2, -0.15) is 0 Å². The summed E-state index contributed by atoms with van der Waals surface area (Å²) in [4.78, 5) is 10.6. The molecule has 0 spiro atoms. The third-order valence-electron chi connectivity index (χ3n) is 6.36. The first-order chi connectivity index (χ1) is 16.7. The van der Waals surface area contributed by atoms with Crippen molar-refractivity contribution in [2.75, 3.05) is 0 Å². The molecule has 0 atom stereocenters. The molecule has 1 aliphatic rings. The van der Waals surface area contributed by atoms with Crippen LogP contribution in [0.15, 0.2) is 70.6 Å². The quantitative estimate of drug-likeness (QED) is 0.197. The Hall–Kier alpha value is -2.04. The van der Waals surface area contributed by atoms with Gasteiger partial charge < -0.3 is 0 Å². The fraction of sp³-hybridized carbons (Fsp3) is 0.200. The van der Waals surface area contributed by atoms with Crippen LogP contribution in [0.3, 0.4) is 0 Å². The van der Waals surface area contributed by atoms with E-state index >= 15 is 0 Å². The molecule has 4 aromatic carbocycles. The predicted molar refractivity (Wildman–Crippen MR) is 156 cm³/mol. The molecular formula is C30H28Br2FeN2. The summed E-state index contributed by atoms with van der Waals surface area (Å²) >= 11 is 7.00. The minimum absolute atomic E-state index is 0.875. The number of halogens is 2. The van der Waals surface area contributed by atoms with Gasteiger partial charge in [0.25, 0.3) is 0 Å². The maximum atomic E-state index is 5.28. The van der Waals surface area contributed by atoms with Crippen LogP contribution in [0, 0.1) is 41.5 Å². The van der Waals surface area contributed by atoms with Gasteiger partial charge in [-0.1, -0.05) is 71.8 Å². The van der Waals surface area contributed by atoms with E-state index in [1.54, 1.807) is 0 Å². The number of nitrogens with zero attached hydrogens (tertiary/aromatic N) is 2. The van der Waals surface area contributed by atoms with E-state index in [0.717, 1.165) is 34.1 Å². The molecule has 0 unspecified atom stereocenters. The monoisotopic (exact) mass is 630 g/mol. The average Bonchev–Trinajstić information content (AvgIpc) is 3.08. The van der Waals surface area contributed by atoms with Gasteiger partial charge in [0.2, 0.25) is 0 Å². The van der Waals surface area contributed by atoms with Crippen LogP contribution in [-0.2, 0) is 11.3 Å². The third-order valence-corrected chi connectivity index (χ3v) is 6.36. The summed E-state index contributed by atoms with van der Waals surface area (Å²) in [5, 5.41) is 2.48. The Morgan fingerprint density at radius 1 is 0.571 bits per heavy atom. The summed E-state index contributed by atoms with van der Waals surface area (Å²) in [5.41, 5.74) is 13.7. The molecule has 5 heteroatoms. The minimum atomic E-state index is 0.875. The first-order valence-corrected chi connectivity index (χ1v) is 16.9. The molecule has 0 saturated carbocycles. The summed E-state index contributed by atoms with van der Waals surface area (Å²) in [6.07, 6.45) is 0. The summed E-state index contributed by atoms with van der Waals surface area (Å²) in [6, 6.07) is 21.8. The SMILES string of the molecule is Cc1cc(C)c(N=C2C(=Nc3c(C)cc(C)cc3C)c3cccc4cccc2c34)c(C)c1.[Br][Fe][Br]. The maximum absolute atomic E-state index is 5.28. The second-order valence-electron chi connectivity index (χ2n) is 9.18. The van der Waals surface area contributed by atoms with E-state index in [2.05, 4.69) is 130 Å². The van der Waals surface area contributed by atoms with E-state index in [1.165, 1.54) is 55.3 Å². The van der Waals surface area contributed by atoms with E-state index < -0.39 is 0 Å². The van der Waals surface area contributed by atoms with E-state index in [4.69, 9.17) is 9.98 Å². The summed E-state index contributed by atoms with van der Waals surface area (Å²) in [6.45, 7) is 12.9. The second-order valence-corrected chi connectivity index (χ2v) is 14.7. The van der Waals surface area contributed by atoms with Gasteiger partial charge in [-0.25, -0.2) is 9.98 Å². The molecule has 2 nitrogen and oxygen atoms in total. The fourth-order valence-electron chi connectivity index (χ4n) is 5.14. The summed E-state index contributed by atoms with van der Waals surface area (Å²) < 4.78 is 0. The Labute approximate surface area is 228 Å². The van der Waals surface area contributed by atoms with Crippen LogP contribution in [-0.4, -0.2) is 11.4 Å². The molecule has 180 valence electrons. The van der Waals surface area contributed by atoms with E-state index in [0.29, 0.717) is 0 Å². The van der Waals surface area contributed by atoms with E-state index in [9.17, 15) is 0 Å². The number of rotatable bonds is 2. The van der Waals surface area contributed by atoms with Crippen molar-refractivity contribution in [1.82, 2.24) is 0 Å². The van der Waals surface area contributed by atoms with Gasteiger partial charge in [0.05, 0.1) is 22.8 Å². The van der Waals surface area contributed by atoms with Crippen LogP contribution < -0.4 is 0 Å². The molecule has 0 radical (unpaired) electrons. The Kier molecular flexibility index (Phi) is 8.12. The molecule has 0 saturated heterocycles. The zero-order valence-corrected chi connectivity index (χ0v) is 25.1. The Balaban J connectivity index is 0.000000917. The van der Waals surface area contributed by atoms with Crippen molar-refractivity contribution in [2.24, 2.45) is 9.98 Å². The van der Waals surface area contributed by atoms with Gasteiger partial charge in [-0.15, -0.1) is 0 Å². The second kappa shape index (κ2) is 10.9. The molecule has 0 heterocycles. The van der Waals surface area contributed by atoms with Crippen molar-refractivity contribution in [3.05, 3.63) is 105 Å². The van der Waals surface area contributed by atoms with Crippen molar-refractivity contribution in [3.63, 3.8) is 0 Å². The first-order valence-electron chi connectivity index (χ1n) is 11.5. The summed E-state index contributed by atoms with van der Waals surface area (Å²) in [5.74, 6) is 0. The molecule has 1 aliphatic carbocycles. The van der Waals surface area contributed by atoms with Crippen molar-refractivity contribution in [3.8, 4) is 0 Å². The van der Waals surface area contributed by atoms with Crippen molar-refractivity contribution < 1.29 is 11.3 Å². The van der Waals surface area contributed by atoms with Gasteiger partial charge in [0.15, 0.2) is 0 Å². The van der Waals surface area contributed by atoms with Gasteiger partial charge in [0.1, 0.15) is 0 Å². The number of hydrogen-bond donors (Lipinski definition) is 0. The number of aryl methyl sites for hydroxylation is 6. The number of benzene rings is 4. The predicted octanol–water partition coefficient (Wildman–Crippen LogP) is 9.63. The van der Waals surface area contributed by atoms with Crippen LogP contribution >= 0.6 is 28.2 Å². The number of hydrogen-bond acceptors (Lipinski definition) is 2. The van der Waals surface area contributed by atoms with Gasteiger partial charge in [0, 0.05) is 16.5 Å². The normalized spacial score (nSPS) is 14.6. The van der Waals surface area contributed by atoms with E-state index in [-0.39, 0.29) is 0 Å². The molecular weight excluding hydrogens is 604 g/mol. The van der Waals surface area contributed by atoms with Crippen LogP contribution in [0.5, 0.6) is 0 Å². The molecule has 0 N–H and O–H groups in total. The molecule has 0 bridgehead atoms. The Bertz CT molecular complexity index is 1350.